The zero-order valence-corrected chi connectivity index (χ0v) is 20.7. The van der Waals surface area contributed by atoms with Crippen molar-refractivity contribution in [3.05, 3.63) is 108 Å². The Morgan fingerprint density at radius 2 is 1.29 bits per heavy atom. The molecule has 3 rings (SSSR count). The van der Waals surface area contributed by atoms with E-state index in [0.29, 0.717) is 5.56 Å². The van der Waals surface area contributed by atoms with Crippen molar-refractivity contribution in [1.82, 2.24) is 0 Å². The van der Waals surface area contributed by atoms with E-state index < -0.39 is 38.2 Å². The van der Waals surface area contributed by atoms with E-state index in [1.165, 1.54) is 13.8 Å². The van der Waals surface area contributed by atoms with Crippen LogP contribution >= 0.6 is 0 Å². The second-order valence-electron chi connectivity index (χ2n) is 8.96. The van der Waals surface area contributed by atoms with Gasteiger partial charge in [-0.25, -0.2) is 13.2 Å². The van der Waals surface area contributed by atoms with E-state index in [-0.39, 0.29) is 19.6 Å². The Labute approximate surface area is 206 Å². The van der Waals surface area contributed by atoms with Crippen LogP contribution < -0.4 is 0 Å². The molecule has 0 saturated carbocycles. The Morgan fingerprint density at radius 1 is 0.771 bits per heavy atom. The molecule has 3 aromatic rings. The minimum Gasteiger partial charge on any atom is -0.461 e. The fourth-order valence-electron chi connectivity index (χ4n) is 3.43. The fourth-order valence-corrected chi connectivity index (χ4v) is 4.91. The van der Waals surface area contributed by atoms with E-state index >= 15 is 0 Å². The lowest BCUT2D eigenvalue weighted by Gasteiger charge is -2.27. The highest BCUT2D eigenvalue weighted by molar-refractivity contribution is 7.92. The molecule has 0 aliphatic rings. The summed E-state index contributed by atoms with van der Waals surface area (Å²) in [5.41, 5.74) is 1.99. The van der Waals surface area contributed by atoms with Crippen molar-refractivity contribution in [2.45, 2.75) is 31.6 Å². The molecule has 0 heterocycles. The lowest BCUT2D eigenvalue weighted by atomic mass is 10.0. The molecular weight excluding hydrogens is 464 g/mol. The predicted octanol–water partition coefficient (Wildman–Crippen LogP) is 4.64. The number of carbonyl (C=O) groups is 2. The van der Waals surface area contributed by atoms with E-state index in [1.807, 2.05) is 60.7 Å². The summed E-state index contributed by atoms with van der Waals surface area (Å²) in [5.74, 6) is -2.52. The van der Waals surface area contributed by atoms with Crippen molar-refractivity contribution in [1.29, 1.82) is 0 Å². The number of ether oxygens (including phenoxy) is 2. The summed E-state index contributed by atoms with van der Waals surface area (Å²) in [7, 11) is -3.86. The summed E-state index contributed by atoms with van der Waals surface area (Å²) in [6, 6.07) is 26.8. The second kappa shape index (κ2) is 11.8. The number of benzene rings is 3. The van der Waals surface area contributed by atoms with Crippen molar-refractivity contribution < 1.29 is 27.5 Å². The zero-order chi connectivity index (χ0) is 25.3. The Kier molecular flexibility index (Phi) is 8.82. The number of hydrogen-bond acceptors (Lipinski definition) is 6. The molecule has 1 atom stereocenters. The van der Waals surface area contributed by atoms with Crippen molar-refractivity contribution in [2.75, 3.05) is 12.4 Å². The SMILES string of the molecule is CC(C)(COC(=O)c1ccccc1)S(=O)(=O)CC(Cc1ccccc1)C(=O)OCc1ccccc1. The van der Waals surface area contributed by atoms with Crippen molar-refractivity contribution in [2.24, 2.45) is 5.92 Å². The second-order valence-corrected chi connectivity index (χ2v) is 11.6. The summed E-state index contributed by atoms with van der Waals surface area (Å²) in [5, 5.41) is 0. The van der Waals surface area contributed by atoms with Crippen molar-refractivity contribution in [3.8, 4) is 0 Å². The van der Waals surface area contributed by atoms with Gasteiger partial charge in [-0.15, -0.1) is 0 Å². The lowest BCUT2D eigenvalue weighted by molar-refractivity contribution is -0.149. The topological polar surface area (TPSA) is 86.7 Å². The number of hydrogen-bond donors (Lipinski definition) is 0. The smallest absolute Gasteiger partial charge is 0.338 e. The van der Waals surface area contributed by atoms with Gasteiger partial charge in [-0.3, -0.25) is 4.79 Å². The van der Waals surface area contributed by atoms with Crippen LogP contribution in [-0.2, 0) is 37.1 Å². The predicted molar refractivity (Wildman–Crippen MR) is 134 cm³/mol. The summed E-state index contributed by atoms with van der Waals surface area (Å²) in [6.45, 7) is 2.72. The largest absolute Gasteiger partial charge is 0.461 e. The van der Waals surface area contributed by atoms with Crippen LogP contribution in [0.2, 0.25) is 0 Å². The van der Waals surface area contributed by atoms with Crippen molar-refractivity contribution in [3.63, 3.8) is 0 Å². The van der Waals surface area contributed by atoms with Crippen LogP contribution in [0.1, 0.15) is 35.3 Å². The quantitative estimate of drug-likeness (QED) is 0.361. The maximum Gasteiger partial charge on any atom is 0.338 e. The molecule has 0 bridgehead atoms. The molecule has 0 radical (unpaired) electrons. The van der Waals surface area contributed by atoms with Gasteiger partial charge in [-0.2, -0.15) is 0 Å². The van der Waals surface area contributed by atoms with Gasteiger partial charge in [0.2, 0.25) is 0 Å². The van der Waals surface area contributed by atoms with E-state index in [9.17, 15) is 18.0 Å². The highest BCUT2D eigenvalue weighted by atomic mass is 32.2. The van der Waals surface area contributed by atoms with Gasteiger partial charge in [0.25, 0.3) is 0 Å². The van der Waals surface area contributed by atoms with Crippen LogP contribution in [0, 0.1) is 5.92 Å². The Hall–Kier alpha value is -3.45. The monoisotopic (exact) mass is 494 g/mol. The molecule has 1 unspecified atom stereocenters. The lowest BCUT2D eigenvalue weighted by Crippen LogP contribution is -2.42. The maximum absolute atomic E-state index is 13.4. The highest BCUT2D eigenvalue weighted by Gasteiger charge is 2.39. The average molecular weight is 495 g/mol. The molecule has 7 heteroatoms. The summed E-state index contributed by atoms with van der Waals surface area (Å²) in [6.07, 6.45) is 0.216. The first-order valence-electron chi connectivity index (χ1n) is 11.4. The molecule has 0 spiro atoms. The van der Waals surface area contributed by atoms with Crippen LogP contribution in [0.5, 0.6) is 0 Å². The standard InChI is InChI=1S/C28H30O6S/c1-28(2,21-34-26(29)24-16-10-5-11-17-24)35(31,32)20-25(18-22-12-6-3-7-13-22)27(30)33-19-23-14-8-4-9-15-23/h3-17,25H,18-21H2,1-2H3. The van der Waals surface area contributed by atoms with Gasteiger partial charge in [0, 0.05) is 0 Å². The Bertz CT molecular complexity index is 1210. The fraction of sp³-hybridized carbons (Fsp3) is 0.286. The molecule has 0 N–H and O–H groups in total. The van der Waals surface area contributed by atoms with Gasteiger partial charge in [-0.05, 0) is 43.5 Å². The molecular formula is C28H30O6S. The number of rotatable bonds is 11. The first-order chi connectivity index (χ1) is 16.7. The van der Waals surface area contributed by atoms with Gasteiger partial charge in [0.05, 0.1) is 17.2 Å². The Balaban J connectivity index is 1.71. The number of esters is 2. The molecule has 3 aromatic carbocycles. The minimum absolute atomic E-state index is 0.0586. The Morgan fingerprint density at radius 3 is 1.86 bits per heavy atom. The third kappa shape index (κ3) is 7.52. The summed E-state index contributed by atoms with van der Waals surface area (Å²) >= 11 is 0. The number of carbonyl (C=O) groups excluding carboxylic acids is 2. The molecule has 0 aliphatic carbocycles. The van der Waals surface area contributed by atoms with Crippen LogP contribution in [0.15, 0.2) is 91.0 Å². The highest BCUT2D eigenvalue weighted by Crippen LogP contribution is 2.24. The van der Waals surface area contributed by atoms with Gasteiger partial charge < -0.3 is 9.47 Å². The molecule has 184 valence electrons. The first kappa shape index (κ1) is 26.2. The first-order valence-corrected chi connectivity index (χ1v) is 13.0. The van der Waals surface area contributed by atoms with Crippen molar-refractivity contribution >= 4 is 21.8 Å². The van der Waals surface area contributed by atoms with Crippen LogP contribution in [-0.4, -0.2) is 37.5 Å². The van der Waals surface area contributed by atoms with Crippen LogP contribution in [0.3, 0.4) is 0 Å². The molecule has 6 nitrogen and oxygen atoms in total. The third-order valence-corrected chi connectivity index (χ3v) is 8.35. The van der Waals surface area contributed by atoms with Gasteiger partial charge in [0.1, 0.15) is 18.0 Å². The zero-order valence-electron chi connectivity index (χ0n) is 19.9. The molecule has 0 aromatic heterocycles. The van der Waals surface area contributed by atoms with Gasteiger partial charge in [0.15, 0.2) is 9.84 Å². The summed E-state index contributed by atoms with van der Waals surface area (Å²) in [4.78, 5) is 25.3. The summed E-state index contributed by atoms with van der Waals surface area (Å²) < 4.78 is 36.2. The molecule has 0 saturated heterocycles. The normalized spacial score (nSPS) is 12.5. The van der Waals surface area contributed by atoms with E-state index in [1.54, 1.807) is 30.3 Å². The van der Waals surface area contributed by atoms with Crippen LogP contribution in [0.25, 0.3) is 0 Å². The van der Waals surface area contributed by atoms with Crippen LogP contribution in [0.4, 0.5) is 0 Å². The van der Waals surface area contributed by atoms with Gasteiger partial charge >= 0.3 is 11.9 Å². The van der Waals surface area contributed by atoms with E-state index in [2.05, 4.69) is 0 Å². The third-order valence-electron chi connectivity index (χ3n) is 5.71. The molecule has 35 heavy (non-hydrogen) atoms. The van der Waals surface area contributed by atoms with Gasteiger partial charge in [-0.1, -0.05) is 78.9 Å². The minimum atomic E-state index is -3.86. The molecule has 0 amide bonds. The molecule has 0 fully saturated rings. The molecule has 0 aliphatic heterocycles. The average Bonchev–Trinajstić information content (AvgIpc) is 2.87. The maximum atomic E-state index is 13.4. The number of sulfone groups is 1. The van der Waals surface area contributed by atoms with E-state index in [4.69, 9.17) is 9.47 Å². The van der Waals surface area contributed by atoms with E-state index in [0.717, 1.165) is 11.1 Å².